The van der Waals surface area contributed by atoms with Crippen LogP contribution in [0.3, 0.4) is 0 Å². The molecule has 1 unspecified atom stereocenters. The summed E-state index contributed by atoms with van der Waals surface area (Å²) in [7, 11) is 0. The number of benzene rings is 1. The Morgan fingerprint density at radius 2 is 1.79 bits per heavy atom. The van der Waals surface area contributed by atoms with Crippen LogP contribution >= 0.6 is 0 Å². The van der Waals surface area contributed by atoms with Crippen LogP contribution < -0.4 is 0 Å². The van der Waals surface area contributed by atoms with Crippen LogP contribution in [-0.4, -0.2) is 39.4 Å². The van der Waals surface area contributed by atoms with Gasteiger partial charge in [-0.25, -0.2) is 9.59 Å². The first-order chi connectivity index (χ1) is 9.01. The summed E-state index contributed by atoms with van der Waals surface area (Å²) >= 11 is 0. The molecule has 0 aromatic heterocycles. The molecule has 7 nitrogen and oxygen atoms in total. The number of carbonyl (C=O) groups is 2. The van der Waals surface area contributed by atoms with E-state index in [1.807, 2.05) is 30.3 Å². The van der Waals surface area contributed by atoms with Gasteiger partial charge in [0.2, 0.25) is 6.08 Å². The molecule has 0 aliphatic rings. The molecular formula is C12H13NO6. The zero-order valence-electron chi connectivity index (χ0n) is 9.89. The zero-order valence-corrected chi connectivity index (χ0v) is 9.89. The van der Waals surface area contributed by atoms with Crippen LogP contribution in [0.25, 0.3) is 0 Å². The molecule has 1 aromatic rings. The second kappa shape index (κ2) is 9.52. The van der Waals surface area contributed by atoms with Crippen molar-refractivity contribution in [2.75, 3.05) is 0 Å². The molecule has 1 aromatic carbocycles. The molecule has 7 heteroatoms. The largest absolute Gasteiger partial charge is 0.481 e. The van der Waals surface area contributed by atoms with E-state index in [0.717, 1.165) is 11.6 Å². The van der Waals surface area contributed by atoms with Gasteiger partial charge in [-0.15, -0.1) is 0 Å². The van der Waals surface area contributed by atoms with E-state index in [4.69, 9.17) is 15.3 Å². The molecule has 0 aliphatic carbocycles. The second-order valence-electron chi connectivity index (χ2n) is 3.32. The van der Waals surface area contributed by atoms with Crippen LogP contribution in [-0.2, 0) is 21.0 Å². The highest BCUT2D eigenvalue weighted by molar-refractivity contribution is 5.81. The molecule has 0 amide bonds. The van der Waals surface area contributed by atoms with Gasteiger partial charge in [0.05, 0.1) is 13.0 Å². The van der Waals surface area contributed by atoms with Gasteiger partial charge < -0.3 is 15.3 Å². The molecule has 0 radical (unpaired) electrons. The van der Waals surface area contributed by atoms with Crippen molar-refractivity contribution in [2.24, 2.45) is 4.99 Å². The van der Waals surface area contributed by atoms with E-state index in [-0.39, 0.29) is 6.61 Å². The van der Waals surface area contributed by atoms with Crippen molar-refractivity contribution in [1.82, 2.24) is 0 Å². The molecule has 0 fully saturated rings. The van der Waals surface area contributed by atoms with E-state index in [9.17, 15) is 14.4 Å². The molecule has 0 spiro atoms. The van der Waals surface area contributed by atoms with Crippen molar-refractivity contribution < 1.29 is 29.7 Å². The fourth-order valence-electron chi connectivity index (χ4n) is 1.00. The number of carboxylic acids is 2. The lowest BCUT2D eigenvalue weighted by Gasteiger charge is -1.98. The number of hydrogen-bond donors (Lipinski definition) is 3. The van der Waals surface area contributed by atoms with Gasteiger partial charge in [0.1, 0.15) is 0 Å². The summed E-state index contributed by atoms with van der Waals surface area (Å²) in [5.41, 5.74) is 0.965. The average Bonchev–Trinajstić information content (AvgIpc) is 2.39. The van der Waals surface area contributed by atoms with Crippen molar-refractivity contribution >= 4 is 18.0 Å². The number of carbonyl (C=O) groups excluding carboxylic acids is 1. The third-order valence-corrected chi connectivity index (χ3v) is 1.89. The lowest BCUT2D eigenvalue weighted by Crippen LogP contribution is -2.21. The Hall–Kier alpha value is -2.50. The number of aliphatic carboxylic acids is 2. The van der Waals surface area contributed by atoms with Gasteiger partial charge in [-0.2, -0.15) is 4.99 Å². The molecule has 0 saturated carbocycles. The Morgan fingerprint density at radius 1 is 1.21 bits per heavy atom. The predicted molar refractivity (Wildman–Crippen MR) is 64.2 cm³/mol. The van der Waals surface area contributed by atoms with Gasteiger partial charge in [0.25, 0.3) is 0 Å². The first kappa shape index (κ1) is 16.5. The molecule has 19 heavy (non-hydrogen) atoms. The van der Waals surface area contributed by atoms with Crippen LogP contribution in [0.4, 0.5) is 0 Å². The van der Waals surface area contributed by atoms with E-state index >= 15 is 0 Å². The third-order valence-electron chi connectivity index (χ3n) is 1.89. The van der Waals surface area contributed by atoms with Crippen molar-refractivity contribution in [2.45, 2.75) is 19.1 Å². The minimum absolute atomic E-state index is 0.140. The Balaban J connectivity index is 0.000000356. The first-order valence-electron chi connectivity index (χ1n) is 5.17. The Kier molecular flexibility index (Phi) is 8.27. The Bertz CT molecular complexity index is 451. The van der Waals surface area contributed by atoms with E-state index in [0.29, 0.717) is 0 Å². The standard InChI is InChI=1S/C7H8O.C5H5NO5/c8-6-7-4-2-1-3-5-7;7-2-6-3(5(10)11)1-4(8)9/h1-5,8H,6H2;3H,1H2,(H,8,9)(H,10,11). The van der Waals surface area contributed by atoms with Gasteiger partial charge in [0.15, 0.2) is 6.04 Å². The summed E-state index contributed by atoms with van der Waals surface area (Å²) in [6.45, 7) is 0.140. The molecule has 0 heterocycles. The minimum atomic E-state index is -1.52. The van der Waals surface area contributed by atoms with Gasteiger partial charge in [-0.3, -0.25) is 4.79 Å². The molecule has 1 atom stereocenters. The fourth-order valence-corrected chi connectivity index (χ4v) is 1.00. The molecular weight excluding hydrogens is 254 g/mol. The van der Waals surface area contributed by atoms with E-state index in [1.54, 1.807) is 0 Å². The van der Waals surface area contributed by atoms with Crippen molar-refractivity contribution in [1.29, 1.82) is 0 Å². The summed E-state index contributed by atoms with van der Waals surface area (Å²) < 4.78 is 0. The van der Waals surface area contributed by atoms with E-state index in [1.165, 1.54) is 0 Å². The smallest absolute Gasteiger partial charge is 0.329 e. The number of aliphatic hydroxyl groups excluding tert-OH is 1. The zero-order chi connectivity index (χ0) is 14.7. The number of aliphatic imine (C=N–C) groups is 1. The van der Waals surface area contributed by atoms with Crippen LogP contribution in [0.1, 0.15) is 12.0 Å². The van der Waals surface area contributed by atoms with Crippen LogP contribution in [0, 0.1) is 0 Å². The van der Waals surface area contributed by atoms with Gasteiger partial charge >= 0.3 is 11.9 Å². The highest BCUT2D eigenvalue weighted by Gasteiger charge is 2.19. The normalized spacial score (nSPS) is 10.4. The minimum Gasteiger partial charge on any atom is -0.481 e. The fraction of sp³-hybridized carbons (Fsp3) is 0.250. The lowest BCUT2D eigenvalue weighted by molar-refractivity contribution is -0.144. The highest BCUT2D eigenvalue weighted by atomic mass is 16.4. The molecule has 1 rings (SSSR count). The van der Waals surface area contributed by atoms with Crippen molar-refractivity contribution in [3.8, 4) is 0 Å². The molecule has 3 N–H and O–H groups in total. The monoisotopic (exact) mass is 267 g/mol. The average molecular weight is 267 g/mol. The van der Waals surface area contributed by atoms with Gasteiger partial charge in [0, 0.05) is 0 Å². The van der Waals surface area contributed by atoms with E-state index < -0.39 is 24.4 Å². The summed E-state index contributed by atoms with van der Waals surface area (Å²) in [6.07, 6.45) is 0.282. The van der Waals surface area contributed by atoms with Gasteiger partial charge in [-0.1, -0.05) is 30.3 Å². The van der Waals surface area contributed by atoms with Crippen LogP contribution in [0.2, 0.25) is 0 Å². The number of isocyanates is 1. The van der Waals surface area contributed by atoms with Crippen LogP contribution in [0.15, 0.2) is 35.3 Å². The first-order valence-corrected chi connectivity index (χ1v) is 5.17. The summed E-state index contributed by atoms with van der Waals surface area (Å²) in [5.74, 6) is -2.77. The molecule has 0 bridgehead atoms. The van der Waals surface area contributed by atoms with Gasteiger partial charge in [-0.05, 0) is 5.56 Å². The number of carboxylic acid groups (broad SMARTS) is 2. The molecule has 102 valence electrons. The maximum Gasteiger partial charge on any atom is 0.329 e. The maximum absolute atomic E-state index is 10.1. The van der Waals surface area contributed by atoms with Crippen molar-refractivity contribution in [3.05, 3.63) is 35.9 Å². The SMILES string of the molecule is O=C=NC(CC(=O)O)C(=O)O.OCc1ccccc1. The summed E-state index contributed by atoms with van der Waals surface area (Å²) in [5, 5.41) is 24.9. The number of nitrogens with zero attached hydrogens (tertiary/aromatic N) is 1. The number of rotatable bonds is 5. The molecule has 0 aliphatic heterocycles. The third kappa shape index (κ3) is 8.25. The van der Waals surface area contributed by atoms with Crippen molar-refractivity contribution in [3.63, 3.8) is 0 Å². The Labute approximate surface area is 108 Å². The summed E-state index contributed by atoms with van der Waals surface area (Å²) in [4.78, 5) is 32.4. The summed E-state index contributed by atoms with van der Waals surface area (Å²) in [6, 6.07) is 8.00. The predicted octanol–water partition coefficient (Wildman–Crippen LogP) is 0.429. The quantitative estimate of drug-likeness (QED) is 0.525. The van der Waals surface area contributed by atoms with E-state index in [2.05, 4.69) is 4.99 Å². The highest BCUT2D eigenvalue weighted by Crippen LogP contribution is 1.96. The number of hydrogen-bond acceptors (Lipinski definition) is 5. The Morgan fingerprint density at radius 3 is 2.11 bits per heavy atom. The lowest BCUT2D eigenvalue weighted by atomic mass is 10.2. The van der Waals surface area contributed by atoms with Crippen LogP contribution in [0.5, 0.6) is 0 Å². The maximum atomic E-state index is 10.1. The molecule has 0 saturated heterocycles. The number of aliphatic hydroxyl groups is 1. The topological polar surface area (TPSA) is 124 Å². The second-order valence-corrected chi connectivity index (χ2v) is 3.32.